The van der Waals surface area contributed by atoms with E-state index in [0.717, 1.165) is 103 Å². The molecule has 4 nitrogen and oxygen atoms in total. The van der Waals surface area contributed by atoms with E-state index in [0.29, 0.717) is 34.5 Å². The van der Waals surface area contributed by atoms with E-state index in [1.54, 1.807) is 11.1 Å². The van der Waals surface area contributed by atoms with Gasteiger partial charge in [0.1, 0.15) is 12.2 Å². The molecule has 0 aromatic carbocycles. The lowest BCUT2D eigenvalue weighted by Crippen LogP contribution is -2.51. The molecule has 0 radical (unpaired) electrons. The Balaban J connectivity index is 0.000000194. The molecule has 0 aromatic heterocycles. The average molecular weight is 899 g/mol. The van der Waals surface area contributed by atoms with Crippen molar-refractivity contribution < 1.29 is 19.1 Å². The quantitative estimate of drug-likeness (QED) is 0.121. The van der Waals surface area contributed by atoms with Crippen LogP contribution in [0.1, 0.15) is 244 Å². The topological polar surface area (TPSA) is 52.6 Å². The van der Waals surface area contributed by atoms with Gasteiger partial charge in [-0.15, -0.1) is 0 Å². The van der Waals surface area contributed by atoms with Crippen LogP contribution in [0.3, 0.4) is 0 Å². The van der Waals surface area contributed by atoms with E-state index in [-0.39, 0.29) is 24.1 Å². The van der Waals surface area contributed by atoms with Crippen molar-refractivity contribution in [2.75, 3.05) is 0 Å². The van der Waals surface area contributed by atoms with Crippen LogP contribution in [0.4, 0.5) is 0 Å². The second-order valence-corrected chi connectivity index (χ2v) is 26.4. The molecular formula is C61H102O4. The largest absolute Gasteiger partial charge is 0.462 e. The van der Waals surface area contributed by atoms with Crippen LogP contribution >= 0.6 is 0 Å². The molecule has 0 amide bonds. The highest BCUT2D eigenvalue weighted by Gasteiger charge is 2.61. The van der Waals surface area contributed by atoms with Gasteiger partial charge in [-0.3, -0.25) is 9.59 Å². The zero-order valence-electron chi connectivity index (χ0n) is 44.5. The third kappa shape index (κ3) is 10.5. The SMILES string of the molecule is CCC(=O)OC1CC[C@@]2(C)C(=CCC3C2CC[C@@]2(C)C3CC[C@@H]2[C@H](C)CCCC(C)C)C1.CCCC(=O)OC1CC[C@@]2(C)C(=CCC3C2CC[C@@]2(C)C3CC[C@@H]2[C@H](C)CCCC(C)C)C1. The molecule has 0 spiro atoms. The van der Waals surface area contributed by atoms with Crippen LogP contribution in [-0.2, 0) is 19.1 Å². The van der Waals surface area contributed by atoms with Crippen molar-refractivity contribution in [2.45, 2.75) is 256 Å². The molecule has 0 heterocycles. The van der Waals surface area contributed by atoms with Gasteiger partial charge in [0.05, 0.1) is 0 Å². The normalized spacial score (nSPS) is 41.5. The van der Waals surface area contributed by atoms with Gasteiger partial charge in [-0.05, 0) is 189 Å². The zero-order chi connectivity index (χ0) is 46.9. The maximum absolute atomic E-state index is 12.1. The Labute approximate surface area is 401 Å². The van der Waals surface area contributed by atoms with Crippen LogP contribution in [0.15, 0.2) is 23.3 Å². The maximum Gasteiger partial charge on any atom is 0.306 e. The first-order valence-electron chi connectivity index (χ1n) is 28.7. The zero-order valence-corrected chi connectivity index (χ0v) is 44.5. The Morgan fingerprint density at radius 3 is 1.38 bits per heavy atom. The molecular weight excluding hydrogens is 797 g/mol. The molecule has 6 fully saturated rings. The lowest BCUT2D eigenvalue weighted by atomic mass is 9.47. The lowest BCUT2D eigenvalue weighted by molar-refractivity contribution is -0.152. The van der Waals surface area contributed by atoms with Crippen LogP contribution < -0.4 is 0 Å². The summed E-state index contributed by atoms with van der Waals surface area (Å²) in [7, 11) is 0. The molecule has 0 bridgehead atoms. The van der Waals surface area contributed by atoms with E-state index in [9.17, 15) is 9.59 Å². The molecule has 0 aliphatic heterocycles. The van der Waals surface area contributed by atoms with Gasteiger partial charge < -0.3 is 9.47 Å². The van der Waals surface area contributed by atoms with Gasteiger partial charge in [-0.2, -0.15) is 0 Å². The monoisotopic (exact) mass is 899 g/mol. The van der Waals surface area contributed by atoms with E-state index < -0.39 is 0 Å². The number of hydrogen-bond acceptors (Lipinski definition) is 4. The molecule has 4 heteroatoms. The molecule has 0 saturated heterocycles. The summed E-state index contributed by atoms with van der Waals surface area (Å²) in [6, 6.07) is 0. The predicted molar refractivity (Wildman–Crippen MR) is 271 cm³/mol. The fraction of sp³-hybridized carbons (Fsp3) is 0.902. The van der Waals surface area contributed by atoms with Crippen LogP contribution in [0, 0.1) is 92.7 Å². The molecule has 8 rings (SSSR count). The highest BCUT2D eigenvalue weighted by atomic mass is 16.5. The molecule has 8 aliphatic rings. The summed E-state index contributed by atoms with van der Waals surface area (Å²) in [5.74, 6) is 10.6. The third-order valence-electron chi connectivity index (χ3n) is 21.9. The summed E-state index contributed by atoms with van der Waals surface area (Å²) in [6.07, 6.45) is 36.5. The summed E-state index contributed by atoms with van der Waals surface area (Å²) in [5, 5.41) is 0. The van der Waals surface area contributed by atoms with E-state index in [2.05, 4.69) is 88.3 Å². The fourth-order valence-corrected chi connectivity index (χ4v) is 18.2. The molecule has 0 N–H and O–H groups in total. The maximum atomic E-state index is 12.1. The van der Waals surface area contributed by atoms with Gasteiger partial charge in [0.25, 0.3) is 0 Å². The predicted octanol–water partition coefficient (Wildman–Crippen LogP) is 17.1. The first kappa shape index (κ1) is 51.3. The minimum absolute atomic E-state index is 0.00772. The molecule has 65 heavy (non-hydrogen) atoms. The van der Waals surface area contributed by atoms with Crippen molar-refractivity contribution in [3.05, 3.63) is 23.3 Å². The average Bonchev–Trinajstić information content (AvgIpc) is 3.81. The highest BCUT2D eigenvalue weighted by molar-refractivity contribution is 5.69. The molecule has 8 unspecified atom stereocenters. The molecule has 8 aliphatic carbocycles. The van der Waals surface area contributed by atoms with Crippen LogP contribution in [0.5, 0.6) is 0 Å². The number of allylic oxidation sites excluding steroid dienone is 2. The van der Waals surface area contributed by atoms with E-state index in [1.165, 1.54) is 116 Å². The number of hydrogen-bond donors (Lipinski definition) is 0. The summed E-state index contributed by atoms with van der Waals surface area (Å²) < 4.78 is 11.6. The molecule has 0 aromatic rings. The van der Waals surface area contributed by atoms with E-state index in [1.807, 2.05) is 6.92 Å². The smallest absolute Gasteiger partial charge is 0.306 e. The van der Waals surface area contributed by atoms with Crippen LogP contribution in [-0.4, -0.2) is 24.1 Å². The second kappa shape index (κ2) is 21.2. The van der Waals surface area contributed by atoms with Gasteiger partial charge in [0.15, 0.2) is 0 Å². The number of esters is 2. The number of carbonyl (C=O) groups is 2. The van der Waals surface area contributed by atoms with Gasteiger partial charge in [-0.1, -0.05) is 145 Å². The van der Waals surface area contributed by atoms with Gasteiger partial charge >= 0.3 is 11.9 Å². The van der Waals surface area contributed by atoms with Crippen molar-refractivity contribution in [1.29, 1.82) is 0 Å². The van der Waals surface area contributed by atoms with Gasteiger partial charge in [0.2, 0.25) is 0 Å². The summed E-state index contributed by atoms with van der Waals surface area (Å²) >= 11 is 0. The summed E-state index contributed by atoms with van der Waals surface area (Å²) in [5.41, 5.74) is 5.07. The lowest BCUT2D eigenvalue weighted by Gasteiger charge is -2.58. The van der Waals surface area contributed by atoms with E-state index in [4.69, 9.17) is 9.47 Å². The highest BCUT2D eigenvalue weighted by Crippen LogP contribution is 2.69. The fourth-order valence-electron chi connectivity index (χ4n) is 18.2. The first-order chi connectivity index (χ1) is 30.9. The second-order valence-electron chi connectivity index (χ2n) is 26.4. The Morgan fingerprint density at radius 1 is 0.554 bits per heavy atom. The summed E-state index contributed by atoms with van der Waals surface area (Å²) in [4.78, 5) is 23.9. The first-order valence-corrected chi connectivity index (χ1v) is 28.7. The third-order valence-corrected chi connectivity index (χ3v) is 21.9. The Hall–Kier alpha value is -1.58. The number of ether oxygens (including phenoxy) is 2. The Bertz CT molecular complexity index is 1670. The van der Waals surface area contributed by atoms with Gasteiger partial charge in [0, 0.05) is 25.7 Å². The van der Waals surface area contributed by atoms with Crippen LogP contribution in [0.2, 0.25) is 0 Å². The summed E-state index contributed by atoms with van der Waals surface area (Å²) in [6.45, 7) is 29.1. The Kier molecular flexibility index (Phi) is 16.7. The van der Waals surface area contributed by atoms with E-state index >= 15 is 0 Å². The number of carbonyl (C=O) groups excluding carboxylic acids is 2. The van der Waals surface area contributed by atoms with Crippen molar-refractivity contribution in [2.24, 2.45) is 92.7 Å². The standard InChI is InChI=1S/C31H52O2.C30H50O2/c1-7-9-29(32)33-24-16-18-30(5)23(20-24)12-13-25-27-15-14-26(22(4)11-8-10-21(2)3)31(27,6)19-17-28(25)30;1-7-28(31)32-23-15-17-29(5)22(19-23)11-12-24-26-14-13-25(21(4)10-8-9-20(2)3)30(26,6)18-16-27(24)29/h12,21-22,24-28H,7-11,13-20H2,1-6H3;11,20-21,23-27H,7-10,12-19H2,1-6H3/t22-,24?,25?,26-,27?,28?,30+,31-;21-,23?,24?,25-,26?,27?,29+,30-/m11/s1. The molecule has 16 atom stereocenters. The van der Waals surface area contributed by atoms with Crippen molar-refractivity contribution in [3.63, 3.8) is 0 Å². The van der Waals surface area contributed by atoms with Crippen LogP contribution in [0.25, 0.3) is 0 Å². The van der Waals surface area contributed by atoms with Crippen molar-refractivity contribution in [1.82, 2.24) is 0 Å². The van der Waals surface area contributed by atoms with Crippen molar-refractivity contribution >= 4 is 11.9 Å². The molecule has 370 valence electrons. The van der Waals surface area contributed by atoms with Crippen molar-refractivity contribution in [3.8, 4) is 0 Å². The number of rotatable bonds is 15. The number of fused-ring (bicyclic) bond motifs is 10. The minimum atomic E-state index is -0.0270. The molecule has 6 saturated carbocycles. The minimum Gasteiger partial charge on any atom is -0.462 e. The van der Waals surface area contributed by atoms with Gasteiger partial charge in [-0.25, -0.2) is 0 Å². The Morgan fingerprint density at radius 2 is 0.985 bits per heavy atom.